The second-order valence-electron chi connectivity index (χ2n) is 6.92. The van der Waals surface area contributed by atoms with Gasteiger partial charge in [0.05, 0.1) is 6.20 Å². The van der Waals surface area contributed by atoms with Gasteiger partial charge in [0.2, 0.25) is 0 Å². The first-order valence-electron chi connectivity index (χ1n) is 9.39. The van der Waals surface area contributed by atoms with Crippen molar-refractivity contribution < 1.29 is 9.90 Å². The second-order valence-corrected chi connectivity index (χ2v) is 6.92. The number of amidine groups is 1. The van der Waals surface area contributed by atoms with Crippen LogP contribution in [0.5, 0.6) is 0 Å². The van der Waals surface area contributed by atoms with Crippen molar-refractivity contribution in [3.8, 4) is 11.1 Å². The highest BCUT2D eigenvalue weighted by Crippen LogP contribution is 2.22. The van der Waals surface area contributed by atoms with E-state index in [1.807, 2.05) is 60.9 Å². The first kappa shape index (κ1) is 17.7. The van der Waals surface area contributed by atoms with Crippen molar-refractivity contribution in [2.75, 3.05) is 5.32 Å². The summed E-state index contributed by atoms with van der Waals surface area (Å²) < 4.78 is 0. The molecule has 0 bridgehead atoms. The van der Waals surface area contributed by atoms with Gasteiger partial charge in [-0.25, -0.2) is 9.79 Å². The van der Waals surface area contributed by atoms with Gasteiger partial charge >= 0.3 is 5.97 Å². The third-order valence-electron chi connectivity index (χ3n) is 4.92. The molecule has 1 aliphatic heterocycles. The number of nitrogens with one attached hydrogen (secondary N) is 4. The number of aromatic carboxylic acids is 1. The Bertz CT molecular complexity index is 1270. The molecule has 4 aromatic rings. The Morgan fingerprint density at radius 1 is 1.03 bits per heavy atom. The number of hydrogen-bond donors (Lipinski definition) is 5. The number of nitrogens with zero attached hydrogens (tertiary/aromatic N) is 2. The highest BCUT2D eigenvalue weighted by molar-refractivity contribution is 6.03. The first-order valence-corrected chi connectivity index (χ1v) is 9.39. The Morgan fingerprint density at radius 3 is 2.63 bits per heavy atom. The molecule has 8 heteroatoms. The minimum Gasteiger partial charge on any atom is -0.477 e. The molecule has 1 unspecified atom stereocenters. The third-order valence-corrected chi connectivity index (χ3v) is 4.92. The van der Waals surface area contributed by atoms with Crippen LogP contribution in [-0.2, 0) is 0 Å². The van der Waals surface area contributed by atoms with Gasteiger partial charge in [0, 0.05) is 40.1 Å². The summed E-state index contributed by atoms with van der Waals surface area (Å²) in [6.45, 7) is 0. The number of aromatic nitrogens is 3. The molecule has 0 amide bonds. The molecule has 0 aliphatic carbocycles. The third kappa shape index (κ3) is 3.42. The Labute approximate surface area is 171 Å². The van der Waals surface area contributed by atoms with Gasteiger partial charge in [0.25, 0.3) is 0 Å². The normalized spacial score (nSPS) is 15.6. The summed E-state index contributed by atoms with van der Waals surface area (Å²) in [5.74, 6) is -0.273. The van der Waals surface area contributed by atoms with E-state index in [2.05, 4.69) is 25.8 Å². The van der Waals surface area contributed by atoms with Crippen LogP contribution in [0.3, 0.4) is 0 Å². The topological polar surface area (TPSA) is 118 Å². The smallest absolute Gasteiger partial charge is 0.352 e. The zero-order chi connectivity index (χ0) is 20.5. The number of carboxylic acids is 1. The van der Waals surface area contributed by atoms with Crippen LogP contribution in [0.1, 0.15) is 16.1 Å². The van der Waals surface area contributed by atoms with E-state index in [4.69, 9.17) is 10.1 Å². The van der Waals surface area contributed by atoms with Crippen molar-refractivity contribution in [2.45, 2.75) is 6.17 Å². The fourth-order valence-corrected chi connectivity index (χ4v) is 3.40. The largest absolute Gasteiger partial charge is 0.477 e. The van der Waals surface area contributed by atoms with Crippen LogP contribution < -0.4 is 10.6 Å². The van der Waals surface area contributed by atoms with Gasteiger partial charge in [0.1, 0.15) is 17.7 Å². The molecular weight excluding hydrogens is 380 g/mol. The molecule has 0 saturated heterocycles. The van der Waals surface area contributed by atoms with Crippen molar-refractivity contribution >= 4 is 28.4 Å². The van der Waals surface area contributed by atoms with Gasteiger partial charge in [-0.15, -0.1) is 0 Å². The van der Waals surface area contributed by atoms with Crippen LogP contribution in [0.15, 0.2) is 78.2 Å². The lowest BCUT2D eigenvalue weighted by Crippen LogP contribution is -2.29. The molecular formula is C22H18N6O2. The number of aromatic amines is 2. The lowest BCUT2D eigenvalue weighted by Gasteiger charge is -2.19. The molecule has 2 aromatic heterocycles. The average molecular weight is 398 g/mol. The number of anilines is 1. The van der Waals surface area contributed by atoms with E-state index in [0.717, 1.165) is 33.3 Å². The van der Waals surface area contributed by atoms with Gasteiger partial charge in [-0.3, -0.25) is 5.10 Å². The molecule has 0 saturated carbocycles. The minimum absolute atomic E-state index is 0.166. The standard InChI is InChI=1S/C22H18N6O2/c29-22(30)19-9-14-1-2-15(10-18(14)27-19)21-23-8-7-20(28-21)26-17-5-3-13(4-6-17)16-11-24-25-12-16/h1-12,20,26-27H,(H,23,28)(H,24,25)(H,29,30). The van der Waals surface area contributed by atoms with Crippen molar-refractivity contribution in [2.24, 2.45) is 4.99 Å². The molecule has 1 aliphatic rings. The Hall–Kier alpha value is -4.33. The van der Waals surface area contributed by atoms with Crippen LogP contribution >= 0.6 is 0 Å². The predicted molar refractivity (Wildman–Crippen MR) is 116 cm³/mol. The summed E-state index contributed by atoms with van der Waals surface area (Å²) in [6, 6.07) is 15.4. The molecule has 30 heavy (non-hydrogen) atoms. The maximum Gasteiger partial charge on any atom is 0.352 e. The molecule has 0 fully saturated rings. The maximum absolute atomic E-state index is 11.2. The Balaban J connectivity index is 1.35. The van der Waals surface area contributed by atoms with Crippen molar-refractivity contribution in [1.29, 1.82) is 0 Å². The molecule has 1 atom stereocenters. The molecule has 8 nitrogen and oxygen atoms in total. The van der Waals surface area contributed by atoms with Crippen LogP contribution in [0.2, 0.25) is 0 Å². The highest BCUT2D eigenvalue weighted by atomic mass is 16.4. The molecule has 0 radical (unpaired) electrons. The van der Waals surface area contributed by atoms with Crippen LogP contribution in [-0.4, -0.2) is 38.3 Å². The summed E-state index contributed by atoms with van der Waals surface area (Å²) in [6.07, 6.45) is 7.20. The van der Waals surface area contributed by atoms with Gasteiger partial charge in [-0.05, 0) is 35.9 Å². The monoisotopic (exact) mass is 398 g/mol. The average Bonchev–Trinajstić information content (AvgIpc) is 3.44. The number of carbonyl (C=O) groups is 1. The van der Waals surface area contributed by atoms with Crippen LogP contribution in [0, 0.1) is 0 Å². The number of hydrogen-bond acceptors (Lipinski definition) is 5. The molecule has 148 valence electrons. The van der Waals surface area contributed by atoms with Crippen molar-refractivity contribution in [3.05, 3.63) is 84.5 Å². The Morgan fingerprint density at radius 2 is 1.87 bits per heavy atom. The molecule has 5 N–H and O–H groups in total. The number of benzene rings is 2. The van der Waals surface area contributed by atoms with Gasteiger partial charge in [-0.2, -0.15) is 5.10 Å². The van der Waals surface area contributed by atoms with E-state index in [-0.39, 0.29) is 11.9 Å². The summed E-state index contributed by atoms with van der Waals surface area (Å²) >= 11 is 0. The summed E-state index contributed by atoms with van der Waals surface area (Å²) in [4.78, 5) is 18.8. The first-order chi connectivity index (χ1) is 14.7. The number of aliphatic imine (C=N–C) groups is 1. The second kappa shape index (κ2) is 7.25. The number of rotatable bonds is 5. The van der Waals surface area contributed by atoms with Gasteiger partial charge in [-0.1, -0.05) is 24.3 Å². The van der Waals surface area contributed by atoms with E-state index in [9.17, 15) is 4.79 Å². The SMILES string of the molecule is O=C(O)c1cc2ccc(C3=NC(Nc4ccc(-c5cn[nH]c5)cc4)C=CN3)cc2[nH]1. The summed E-state index contributed by atoms with van der Waals surface area (Å²) in [5.41, 5.74) is 4.86. The zero-order valence-corrected chi connectivity index (χ0v) is 15.8. The fraction of sp³-hybridized carbons (Fsp3) is 0.0455. The molecule has 2 aromatic carbocycles. The lowest BCUT2D eigenvalue weighted by molar-refractivity contribution is 0.0691. The number of H-pyrrole nitrogens is 2. The number of fused-ring (bicyclic) bond motifs is 1. The maximum atomic E-state index is 11.2. The quantitative estimate of drug-likeness (QED) is 0.352. The minimum atomic E-state index is -0.980. The van der Waals surface area contributed by atoms with E-state index in [1.165, 1.54) is 0 Å². The van der Waals surface area contributed by atoms with E-state index < -0.39 is 5.97 Å². The van der Waals surface area contributed by atoms with E-state index in [1.54, 1.807) is 12.3 Å². The molecule has 0 spiro atoms. The van der Waals surface area contributed by atoms with E-state index >= 15 is 0 Å². The zero-order valence-electron chi connectivity index (χ0n) is 15.8. The van der Waals surface area contributed by atoms with Crippen LogP contribution in [0.25, 0.3) is 22.0 Å². The van der Waals surface area contributed by atoms with Crippen molar-refractivity contribution in [1.82, 2.24) is 20.5 Å². The fourth-order valence-electron chi connectivity index (χ4n) is 3.40. The summed E-state index contributed by atoms with van der Waals surface area (Å²) in [5, 5.41) is 23.3. The van der Waals surface area contributed by atoms with Gasteiger partial charge < -0.3 is 20.7 Å². The number of carboxylic acid groups (broad SMARTS) is 1. The lowest BCUT2D eigenvalue weighted by atomic mass is 10.1. The predicted octanol–water partition coefficient (Wildman–Crippen LogP) is 3.56. The van der Waals surface area contributed by atoms with Gasteiger partial charge in [0.15, 0.2) is 0 Å². The van der Waals surface area contributed by atoms with E-state index in [0.29, 0.717) is 5.84 Å². The van der Waals surface area contributed by atoms with Crippen LogP contribution in [0.4, 0.5) is 5.69 Å². The van der Waals surface area contributed by atoms with Crippen molar-refractivity contribution in [3.63, 3.8) is 0 Å². The Kier molecular flexibility index (Phi) is 4.29. The highest BCUT2D eigenvalue weighted by Gasteiger charge is 2.14. The summed E-state index contributed by atoms with van der Waals surface area (Å²) in [7, 11) is 0. The molecule has 3 heterocycles. The molecule has 5 rings (SSSR count).